The third kappa shape index (κ3) is 7.81. The number of rotatable bonds is 14. The number of aromatic amines is 1. The molecule has 1 saturated carbocycles. The normalized spacial score (nSPS) is 15.0. The number of carbonyl (C=O) groups excluding carboxylic acids is 3. The molecule has 1 heterocycles. The Morgan fingerprint density at radius 2 is 1.69 bits per heavy atom. The number of amides is 2. The van der Waals surface area contributed by atoms with Gasteiger partial charge in [0.1, 0.15) is 11.8 Å². The van der Waals surface area contributed by atoms with E-state index < -0.39 is 6.04 Å². The monoisotopic (exact) mass is 529 g/mol. The smallest absolute Gasteiger partial charge is 0.242 e. The molecule has 208 valence electrons. The second-order valence-electron chi connectivity index (χ2n) is 10.9. The van der Waals surface area contributed by atoms with Crippen LogP contribution >= 0.6 is 0 Å². The fraction of sp³-hybridized carbons (Fsp3) is 0.485. The molecular weight excluding hydrogens is 486 g/mol. The SMILES string of the molecule is CC(=O)CCCCC[C@@H](C(=O)NCCc1c(-c2ccccc2)[nH]c2ccccc12)N(C=O)C1CCCCCC1. The Labute approximate surface area is 232 Å². The summed E-state index contributed by atoms with van der Waals surface area (Å²) in [5, 5.41) is 4.35. The number of hydrogen-bond acceptors (Lipinski definition) is 3. The van der Waals surface area contributed by atoms with Crippen molar-refractivity contribution in [3.63, 3.8) is 0 Å². The first-order valence-electron chi connectivity index (χ1n) is 14.7. The van der Waals surface area contributed by atoms with Crippen molar-refractivity contribution >= 4 is 29.0 Å². The van der Waals surface area contributed by atoms with E-state index >= 15 is 0 Å². The van der Waals surface area contributed by atoms with Crippen molar-refractivity contribution in [3.05, 3.63) is 60.2 Å². The summed E-state index contributed by atoms with van der Waals surface area (Å²) in [6.07, 6.45) is 11.8. The average molecular weight is 530 g/mol. The van der Waals surface area contributed by atoms with Crippen LogP contribution in [0.1, 0.15) is 83.1 Å². The molecule has 0 spiro atoms. The van der Waals surface area contributed by atoms with Crippen molar-refractivity contribution in [2.24, 2.45) is 0 Å². The molecule has 2 aromatic carbocycles. The Morgan fingerprint density at radius 1 is 0.974 bits per heavy atom. The number of carbonyl (C=O) groups is 3. The van der Waals surface area contributed by atoms with Crippen molar-refractivity contribution < 1.29 is 14.4 Å². The molecule has 1 atom stereocenters. The van der Waals surface area contributed by atoms with Gasteiger partial charge in [0.05, 0.1) is 0 Å². The number of benzene rings is 2. The predicted octanol–water partition coefficient (Wildman–Crippen LogP) is 6.58. The lowest BCUT2D eigenvalue weighted by molar-refractivity contribution is -0.135. The fourth-order valence-electron chi connectivity index (χ4n) is 6.01. The quantitative estimate of drug-likeness (QED) is 0.141. The van der Waals surface area contributed by atoms with Gasteiger partial charge in [-0.15, -0.1) is 0 Å². The van der Waals surface area contributed by atoms with Crippen LogP contribution in [0.5, 0.6) is 0 Å². The molecular formula is C33H43N3O3. The zero-order valence-corrected chi connectivity index (χ0v) is 23.3. The Kier molecular flexibility index (Phi) is 10.8. The molecule has 6 heteroatoms. The highest BCUT2D eigenvalue weighted by Gasteiger charge is 2.30. The molecule has 3 aromatic rings. The Bertz CT molecular complexity index is 1210. The van der Waals surface area contributed by atoms with Crippen molar-refractivity contribution in [1.29, 1.82) is 0 Å². The van der Waals surface area contributed by atoms with Crippen molar-refractivity contribution in [2.75, 3.05) is 6.54 Å². The van der Waals surface area contributed by atoms with E-state index in [0.29, 0.717) is 25.8 Å². The van der Waals surface area contributed by atoms with E-state index in [1.807, 2.05) is 35.2 Å². The van der Waals surface area contributed by atoms with Gasteiger partial charge < -0.3 is 20.0 Å². The molecule has 1 aromatic heterocycles. The van der Waals surface area contributed by atoms with Gasteiger partial charge in [-0.3, -0.25) is 9.59 Å². The molecule has 1 aliphatic rings. The first-order chi connectivity index (χ1) is 19.1. The van der Waals surface area contributed by atoms with Crippen LogP contribution in [-0.2, 0) is 20.8 Å². The van der Waals surface area contributed by atoms with Crippen LogP contribution in [0, 0.1) is 0 Å². The number of nitrogens with one attached hydrogen (secondary N) is 2. The minimum Gasteiger partial charge on any atom is -0.354 e. The van der Waals surface area contributed by atoms with E-state index in [4.69, 9.17) is 0 Å². The summed E-state index contributed by atoms with van der Waals surface area (Å²) >= 11 is 0. The molecule has 2 amide bonds. The number of Topliss-reactive ketones (excluding diaryl/α,β-unsaturated/α-hetero) is 1. The molecule has 0 bridgehead atoms. The Hall–Kier alpha value is -3.41. The maximum Gasteiger partial charge on any atom is 0.242 e. The Balaban J connectivity index is 1.46. The fourth-order valence-corrected chi connectivity index (χ4v) is 6.01. The van der Waals surface area contributed by atoms with Crippen LogP contribution in [-0.4, -0.2) is 46.6 Å². The second kappa shape index (κ2) is 14.7. The van der Waals surface area contributed by atoms with Gasteiger partial charge >= 0.3 is 0 Å². The van der Waals surface area contributed by atoms with Crippen molar-refractivity contribution in [1.82, 2.24) is 15.2 Å². The van der Waals surface area contributed by atoms with E-state index in [9.17, 15) is 14.4 Å². The van der Waals surface area contributed by atoms with Crippen LogP contribution in [0.15, 0.2) is 54.6 Å². The molecule has 0 aliphatic heterocycles. The van der Waals surface area contributed by atoms with Gasteiger partial charge in [0.15, 0.2) is 0 Å². The maximum absolute atomic E-state index is 13.6. The number of nitrogens with zero attached hydrogens (tertiary/aromatic N) is 1. The number of aromatic nitrogens is 1. The summed E-state index contributed by atoms with van der Waals surface area (Å²) < 4.78 is 0. The van der Waals surface area contributed by atoms with Gasteiger partial charge in [0.25, 0.3) is 0 Å². The summed E-state index contributed by atoms with van der Waals surface area (Å²) in [5.74, 6) is 0.128. The molecule has 39 heavy (non-hydrogen) atoms. The molecule has 1 aliphatic carbocycles. The number of ketones is 1. The minimum atomic E-state index is -0.473. The first kappa shape index (κ1) is 28.6. The summed E-state index contributed by atoms with van der Waals surface area (Å²) in [6.45, 7) is 2.12. The number of hydrogen-bond donors (Lipinski definition) is 2. The third-order valence-corrected chi connectivity index (χ3v) is 8.09. The zero-order chi connectivity index (χ0) is 27.5. The van der Waals surface area contributed by atoms with E-state index in [-0.39, 0.29) is 17.7 Å². The highest BCUT2D eigenvalue weighted by atomic mass is 16.2. The summed E-state index contributed by atoms with van der Waals surface area (Å²) in [4.78, 5) is 42.7. The van der Waals surface area contributed by atoms with E-state index in [2.05, 4.69) is 34.6 Å². The standard InChI is InChI=1S/C33H43N3O3/c1-25(38)14-6-4-11-21-31(36(24-37)27-17-9-2-3-10-18-27)33(39)34-23-22-29-28-19-12-13-20-30(28)35-32(29)26-15-7-5-8-16-26/h5,7-8,12-13,15-16,19-20,24,27,31,35H,2-4,6,9-11,14,17-18,21-23H2,1H3,(H,34,39)/t31-/m0/s1. The minimum absolute atomic E-state index is 0.0704. The number of para-hydroxylation sites is 1. The van der Waals surface area contributed by atoms with Gasteiger partial charge in [0.2, 0.25) is 12.3 Å². The highest BCUT2D eigenvalue weighted by Crippen LogP contribution is 2.30. The lowest BCUT2D eigenvalue weighted by Crippen LogP contribution is -2.51. The third-order valence-electron chi connectivity index (χ3n) is 8.09. The average Bonchev–Trinajstić information content (AvgIpc) is 3.10. The van der Waals surface area contributed by atoms with Crippen molar-refractivity contribution in [2.45, 2.75) is 96.1 Å². The van der Waals surface area contributed by atoms with Crippen molar-refractivity contribution in [3.8, 4) is 11.3 Å². The molecule has 1 fully saturated rings. The number of H-pyrrole nitrogens is 1. The van der Waals surface area contributed by atoms with Crippen LogP contribution in [0.2, 0.25) is 0 Å². The lowest BCUT2D eigenvalue weighted by atomic mass is 9.99. The van der Waals surface area contributed by atoms with Crippen LogP contribution in [0.25, 0.3) is 22.2 Å². The summed E-state index contributed by atoms with van der Waals surface area (Å²) in [7, 11) is 0. The lowest BCUT2D eigenvalue weighted by Gasteiger charge is -2.34. The van der Waals surface area contributed by atoms with Crippen LogP contribution in [0.4, 0.5) is 0 Å². The maximum atomic E-state index is 13.6. The molecule has 0 saturated heterocycles. The Morgan fingerprint density at radius 3 is 2.41 bits per heavy atom. The second-order valence-corrected chi connectivity index (χ2v) is 10.9. The molecule has 0 radical (unpaired) electrons. The van der Waals surface area contributed by atoms with E-state index in [0.717, 1.165) is 68.1 Å². The zero-order valence-electron chi connectivity index (χ0n) is 23.3. The molecule has 6 nitrogen and oxygen atoms in total. The van der Waals surface area contributed by atoms with Gasteiger partial charge in [0, 0.05) is 35.6 Å². The van der Waals surface area contributed by atoms with Gasteiger partial charge in [-0.25, -0.2) is 0 Å². The first-order valence-corrected chi connectivity index (χ1v) is 14.7. The van der Waals surface area contributed by atoms with E-state index in [1.165, 1.54) is 23.8 Å². The molecule has 4 rings (SSSR count). The number of unbranched alkanes of at least 4 members (excludes halogenated alkanes) is 2. The topological polar surface area (TPSA) is 82.3 Å². The largest absolute Gasteiger partial charge is 0.354 e. The molecule has 2 N–H and O–H groups in total. The summed E-state index contributed by atoms with van der Waals surface area (Å²) in [6, 6.07) is 18.2. The van der Waals surface area contributed by atoms with Crippen LogP contribution in [0.3, 0.4) is 0 Å². The van der Waals surface area contributed by atoms with Crippen LogP contribution < -0.4 is 5.32 Å². The van der Waals surface area contributed by atoms with Gasteiger partial charge in [-0.2, -0.15) is 0 Å². The summed E-state index contributed by atoms with van der Waals surface area (Å²) in [5.41, 5.74) is 4.48. The highest BCUT2D eigenvalue weighted by molar-refractivity contribution is 5.91. The predicted molar refractivity (Wildman–Crippen MR) is 157 cm³/mol. The number of fused-ring (bicyclic) bond motifs is 1. The van der Waals surface area contributed by atoms with Gasteiger partial charge in [-0.1, -0.05) is 87.1 Å². The molecule has 0 unspecified atom stereocenters. The van der Waals surface area contributed by atoms with E-state index in [1.54, 1.807) is 6.92 Å². The van der Waals surface area contributed by atoms with Gasteiger partial charge in [-0.05, 0) is 56.2 Å².